The highest BCUT2D eigenvalue weighted by Crippen LogP contribution is 2.18. The maximum absolute atomic E-state index is 11.6. The van der Waals surface area contributed by atoms with Crippen LogP contribution in [0.5, 0.6) is 0 Å². The molecule has 1 rings (SSSR count). The normalized spacial score (nSPS) is 18.5. The highest BCUT2D eigenvalue weighted by Gasteiger charge is 2.20. The minimum Gasteiger partial charge on any atom is -0.469 e. The van der Waals surface area contributed by atoms with Gasteiger partial charge in [-0.05, 0) is 12.8 Å². The fourth-order valence-electron chi connectivity index (χ4n) is 1.49. The molecule has 0 aliphatic heterocycles. The summed E-state index contributed by atoms with van der Waals surface area (Å²) in [4.78, 5) is 22.8. The maximum Gasteiger partial charge on any atom is 0.337 e. The Balaban J connectivity index is 2.43. The summed E-state index contributed by atoms with van der Waals surface area (Å²) in [5, 5.41) is 0. The molecule has 4 heteroatoms. The lowest BCUT2D eigenvalue weighted by Crippen LogP contribution is -2.17. The van der Waals surface area contributed by atoms with Gasteiger partial charge in [-0.1, -0.05) is 31.6 Å². The third-order valence-corrected chi connectivity index (χ3v) is 2.57. The number of hydrogen-bond acceptors (Lipinski definition) is 4. The van der Waals surface area contributed by atoms with Crippen LogP contribution in [-0.4, -0.2) is 25.7 Å². The predicted molar refractivity (Wildman–Crippen MR) is 63.2 cm³/mol. The second-order valence-corrected chi connectivity index (χ2v) is 3.87. The number of carbonyl (C=O) groups is 2. The van der Waals surface area contributed by atoms with Gasteiger partial charge in [0.05, 0.1) is 25.2 Å². The van der Waals surface area contributed by atoms with E-state index < -0.39 is 0 Å². The van der Waals surface area contributed by atoms with E-state index in [1.54, 1.807) is 18.2 Å². The molecule has 0 saturated carbocycles. The van der Waals surface area contributed by atoms with Gasteiger partial charge in [0.2, 0.25) is 0 Å². The van der Waals surface area contributed by atoms with Crippen molar-refractivity contribution in [1.82, 2.24) is 0 Å². The topological polar surface area (TPSA) is 52.6 Å². The average molecular weight is 238 g/mol. The standard InChI is InChI=1S/C13H18O4/c1-3-4-9-17-13(15)11-7-5-10(6-8-11)12(14)16-2/h5,7-8,10H,3-4,6,9H2,1-2H3. The van der Waals surface area contributed by atoms with E-state index in [2.05, 4.69) is 4.74 Å². The second kappa shape index (κ2) is 6.89. The summed E-state index contributed by atoms with van der Waals surface area (Å²) in [6.45, 7) is 2.48. The summed E-state index contributed by atoms with van der Waals surface area (Å²) < 4.78 is 9.70. The first-order valence-corrected chi connectivity index (χ1v) is 5.82. The molecule has 1 aliphatic carbocycles. The lowest BCUT2D eigenvalue weighted by atomic mass is 9.97. The van der Waals surface area contributed by atoms with Gasteiger partial charge in [0.1, 0.15) is 0 Å². The lowest BCUT2D eigenvalue weighted by Gasteiger charge is -2.13. The number of methoxy groups -OCH3 is 1. The van der Waals surface area contributed by atoms with Crippen molar-refractivity contribution in [2.24, 2.45) is 5.92 Å². The van der Waals surface area contributed by atoms with Gasteiger partial charge in [0.25, 0.3) is 0 Å². The summed E-state index contributed by atoms with van der Waals surface area (Å²) in [7, 11) is 1.36. The van der Waals surface area contributed by atoms with E-state index in [-0.39, 0.29) is 17.9 Å². The number of unbranched alkanes of at least 4 members (excludes halogenated alkanes) is 1. The van der Waals surface area contributed by atoms with Gasteiger partial charge in [-0.3, -0.25) is 4.79 Å². The molecule has 1 aliphatic rings. The SMILES string of the molecule is CCCCOC(=O)C1=CCC(C(=O)OC)C=C1. The highest BCUT2D eigenvalue weighted by molar-refractivity contribution is 5.92. The summed E-state index contributed by atoms with van der Waals surface area (Å²) in [5.41, 5.74) is 0.515. The van der Waals surface area contributed by atoms with E-state index in [4.69, 9.17) is 4.74 Å². The summed E-state index contributed by atoms with van der Waals surface area (Å²) in [6, 6.07) is 0. The Morgan fingerprint density at radius 3 is 2.76 bits per heavy atom. The molecule has 0 N–H and O–H groups in total. The Kier molecular flexibility index (Phi) is 5.46. The zero-order valence-corrected chi connectivity index (χ0v) is 10.3. The molecule has 0 aromatic heterocycles. The molecule has 0 fully saturated rings. The van der Waals surface area contributed by atoms with Crippen molar-refractivity contribution in [3.05, 3.63) is 23.8 Å². The van der Waals surface area contributed by atoms with Gasteiger partial charge in [0.15, 0.2) is 0 Å². The van der Waals surface area contributed by atoms with Crippen LogP contribution in [0.25, 0.3) is 0 Å². The Morgan fingerprint density at radius 1 is 1.47 bits per heavy atom. The molecule has 94 valence electrons. The zero-order valence-electron chi connectivity index (χ0n) is 10.3. The van der Waals surface area contributed by atoms with Crippen molar-refractivity contribution in [2.75, 3.05) is 13.7 Å². The Hall–Kier alpha value is -1.58. The first-order valence-electron chi connectivity index (χ1n) is 5.82. The quantitative estimate of drug-likeness (QED) is 0.543. The predicted octanol–water partition coefficient (Wildman–Crippen LogP) is 2.01. The first kappa shape index (κ1) is 13.5. The molecule has 1 unspecified atom stereocenters. The van der Waals surface area contributed by atoms with E-state index in [0.29, 0.717) is 18.6 Å². The third-order valence-electron chi connectivity index (χ3n) is 2.57. The Labute approximate surface area is 101 Å². The molecule has 0 aromatic rings. The molecule has 17 heavy (non-hydrogen) atoms. The molecular formula is C13H18O4. The Bertz CT molecular complexity index is 341. The van der Waals surface area contributed by atoms with Crippen LogP contribution in [-0.2, 0) is 19.1 Å². The average Bonchev–Trinajstić information content (AvgIpc) is 2.38. The smallest absolute Gasteiger partial charge is 0.337 e. The third kappa shape index (κ3) is 4.06. The second-order valence-electron chi connectivity index (χ2n) is 3.87. The van der Waals surface area contributed by atoms with Crippen LogP contribution in [0.15, 0.2) is 23.8 Å². The number of allylic oxidation sites excluding steroid dienone is 1. The molecule has 0 amide bonds. The number of carbonyl (C=O) groups excluding carboxylic acids is 2. The van der Waals surface area contributed by atoms with E-state index >= 15 is 0 Å². The summed E-state index contributed by atoms with van der Waals surface area (Å²) >= 11 is 0. The molecule has 0 saturated heterocycles. The minimum atomic E-state index is -0.321. The summed E-state index contributed by atoms with van der Waals surface area (Å²) in [5.74, 6) is -0.888. The van der Waals surface area contributed by atoms with Crippen LogP contribution in [0.2, 0.25) is 0 Å². The van der Waals surface area contributed by atoms with Gasteiger partial charge >= 0.3 is 11.9 Å². The minimum absolute atomic E-state index is 0.282. The number of esters is 2. The molecule has 4 nitrogen and oxygen atoms in total. The fourth-order valence-corrected chi connectivity index (χ4v) is 1.49. The Morgan fingerprint density at radius 2 is 2.24 bits per heavy atom. The molecular weight excluding hydrogens is 220 g/mol. The maximum atomic E-state index is 11.6. The number of rotatable bonds is 5. The van der Waals surface area contributed by atoms with Gasteiger partial charge in [-0.25, -0.2) is 4.79 Å². The van der Waals surface area contributed by atoms with Crippen molar-refractivity contribution in [3.8, 4) is 0 Å². The van der Waals surface area contributed by atoms with Crippen LogP contribution < -0.4 is 0 Å². The first-order chi connectivity index (χ1) is 8.19. The van der Waals surface area contributed by atoms with Crippen molar-refractivity contribution >= 4 is 11.9 Å². The highest BCUT2D eigenvalue weighted by atomic mass is 16.5. The molecule has 0 aromatic carbocycles. The van der Waals surface area contributed by atoms with Crippen LogP contribution in [0.3, 0.4) is 0 Å². The van der Waals surface area contributed by atoms with Gasteiger partial charge < -0.3 is 9.47 Å². The molecule has 0 bridgehead atoms. The van der Waals surface area contributed by atoms with Crippen molar-refractivity contribution in [2.45, 2.75) is 26.2 Å². The van der Waals surface area contributed by atoms with E-state index in [0.717, 1.165) is 12.8 Å². The van der Waals surface area contributed by atoms with E-state index in [1.807, 2.05) is 6.92 Å². The van der Waals surface area contributed by atoms with Gasteiger partial charge in [-0.15, -0.1) is 0 Å². The van der Waals surface area contributed by atoms with Crippen LogP contribution in [0, 0.1) is 5.92 Å². The summed E-state index contributed by atoms with van der Waals surface area (Å²) in [6.07, 6.45) is 7.37. The molecule has 1 atom stereocenters. The van der Waals surface area contributed by atoms with Crippen molar-refractivity contribution in [1.29, 1.82) is 0 Å². The van der Waals surface area contributed by atoms with E-state index in [9.17, 15) is 9.59 Å². The van der Waals surface area contributed by atoms with Gasteiger partial charge in [0, 0.05) is 0 Å². The van der Waals surface area contributed by atoms with Gasteiger partial charge in [-0.2, -0.15) is 0 Å². The molecule has 0 radical (unpaired) electrons. The van der Waals surface area contributed by atoms with Crippen LogP contribution in [0.1, 0.15) is 26.2 Å². The fraction of sp³-hybridized carbons (Fsp3) is 0.538. The van der Waals surface area contributed by atoms with Crippen LogP contribution in [0.4, 0.5) is 0 Å². The number of hydrogen-bond donors (Lipinski definition) is 0. The van der Waals surface area contributed by atoms with E-state index in [1.165, 1.54) is 7.11 Å². The van der Waals surface area contributed by atoms with Crippen molar-refractivity contribution < 1.29 is 19.1 Å². The monoisotopic (exact) mass is 238 g/mol. The van der Waals surface area contributed by atoms with Crippen molar-refractivity contribution in [3.63, 3.8) is 0 Å². The number of ether oxygens (including phenoxy) is 2. The lowest BCUT2D eigenvalue weighted by molar-refractivity contribution is -0.144. The zero-order chi connectivity index (χ0) is 12.7. The molecule has 0 spiro atoms. The van der Waals surface area contributed by atoms with Crippen LogP contribution >= 0.6 is 0 Å². The molecule has 0 heterocycles. The largest absolute Gasteiger partial charge is 0.469 e.